The molecule has 1 N–H and O–H groups in total. The topological polar surface area (TPSA) is 55.4 Å². The van der Waals surface area contributed by atoms with Crippen LogP contribution in [0.3, 0.4) is 0 Å². The Morgan fingerprint density at radius 1 is 1.40 bits per heavy atom. The van der Waals surface area contributed by atoms with Crippen LogP contribution >= 0.6 is 0 Å². The van der Waals surface area contributed by atoms with E-state index < -0.39 is 11.7 Å². The van der Waals surface area contributed by atoms with Gasteiger partial charge in [-0.3, -0.25) is 4.79 Å². The predicted molar refractivity (Wildman–Crippen MR) is 79.6 cm³/mol. The number of ketones is 1. The van der Waals surface area contributed by atoms with Crippen molar-refractivity contribution >= 4 is 11.9 Å². The maximum absolute atomic E-state index is 12.1. The minimum atomic E-state index is -0.509. The molecule has 0 aromatic carbocycles. The molecule has 3 atom stereocenters. The molecular weight excluding hydrogens is 254 g/mol. The van der Waals surface area contributed by atoms with Gasteiger partial charge in [0.1, 0.15) is 11.4 Å². The molecule has 0 aromatic heterocycles. The third-order valence-corrected chi connectivity index (χ3v) is 4.00. The van der Waals surface area contributed by atoms with Crippen LogP contribution in [0.25, 0.3) is 0 Å². The Balaban J connectivity index is 2.64. The lowest BCUT2D eigenvalue weighted by molar-refractivity contribution is -0.126. The van der Waals surface area contributed by atoms with Crippen LogP contribution in [0.15, 0.2) is 0 Å². The zero-order valence-electron chi connectivity index (χ0n) is 13.5. The molecule has 1 amide bonds. The van der Waals surface area contributed by atoms with Crippen LogP contribution in [0.2, 0.25) is 0 Å². The summed E-state index contributed by atoms with van der Waals surface area (Å²) in [5.41, 5.74) is -0.509. The van der Waals surface area contributed by atoms with Crippen molar-refractivity contribution in [2.75, 3.05) is 0 Å². The standard InChI is InChI=1S/C16H29NO3/c1-6-11-8-9-14(18)12(10-11)13(7-2)17-15(19)20-16(3,4)5/h11-13H,6-10H2,1-5H3,(H,17,19). The van der Waals surface area contributed by atoms with Crippen molar-refractivity contribution in [1.29, 1.82) is 0 Å². The summed E-state index contributed by atoms with van der Waals surface area (Å²) in [6, 6.07) is -0.105. The highest BCUT2D eigenvalue weighted by atomic mass is 16.6. The van der Waals surface area contributed by atoms with Crippen molar-refractivity contribution in [2.24, 2.45) is 11.8 Å². The average molecular weight is 283 g/mol. The normalized spacial score (nSPS) is 25.1. The molecule has 1 fully saturated rings. The van der Waals surface area contributed by atoms with E-state index in [1.54, 1.807) is 0 Å². The van der Waals surface area contributed by atoms with Gasteiger partial charge in [-0.1, -0.05) is 20.3 Å². The fourth-order valence-corrected chi connectivity index (χ4v) is 2.85. The molecule has 0 radical (unpaired) electrons. The molecule has 0 aliphatic heterocycles. The zero-order chi connectivity index (χ0) is 15.3. The van der Waals surface area contributed by atoms with E-state index in [1.165, 1.54) is 0 Å². The fourth-order valence-electron chi connectivity index (χ4n) is 2.85. The number of carbonyl (C=O) groups is 2. The Morgan fingerprint density at radius 2 is 2.05 bits per heavy atom. The molecule has 0 aromatic rings. The van der Waals surface area contributed by atoms with Gasteiger partial charge in [0.05, 0.1) is 0 Å². The summed E-state index contributed by atoms with van der Waals surface area (Å²) in [5, 5.41) is 2.89. The molecule has 0 spiro atoms. The molecule has 3 unspecified atom stereocenters. The largest absolute Gasteiger partial charge is 0.444 e. The number of ether oxygens (including phenoxy) is 1. The number of rotatable bonds is 4. The van der Waals surface area contributed by atoms with E-state index in [0.717, 1.165) is 25.7 Å². The van der Waals surface area contributed by atoms with Crippen LogP contribution in [0.4, 0.5) is 4.79 Å². The number of carbonyl (C=O) groups excluding carboxylic acids is 2. The Bertz CT molecular complexity index is 346. The van der Waals surface area contributed by atoms with E-state index in [9.17, 15) is 9.59 Å². The number of hydrogen-bond acceptors (Lipinski definition) is 3. The molecule has 20 heavy (non-hydrogen) atoms. The maximum Gasteiger partial charge on any atom is 0.407 e. The van der Waals surface area contributed by atoms with Crippen LogP contribution in [0.5, 0.6) is 0 Å². The lowest BCUT2D eigenvalue weighted by atomic mass is 9.75. The first-order chi connectivity index (χ1) is 9.26. The second-order valence-corrected chi connectivity index (χ2v) is 6.78. The third-order valence-electron chi connectivity index (χ3n) is 4.00. The lowest BCUT2D eigenvalue weighted by Gasteiger charge is -2.33. The van der Waals surface area contributed by atoms with Gasteiger partial charge in [0.15, 0.2) is 0 Å². The van der Waals surface area contributed by atoms with E-state index in [0.29, 0.717) is 12.3 Å². The van der Waals surface area contributed by atoms with Crippen molar-refractivity contribution in [2.45, 2.75) is 78.4 Å². The molecular formula is C16H29NO3. The first-order valence-corrected chi connectivity index (χ1v) is 7.79. The van der Waals surface area contributed by atoms with Gasteiger partial charge >= 0.3 is 6.09 Å². The molecule has 1 rings (SSSR count). The lowest BCUT2D eigenvalue weighted by Crippen LogP contribution is -2.46. The minimum absolute atomic E-state index is 0.0498. The Hall–Kier alpha value is -1.06. The SMILES string of the molecule is CCC1CCC(=O)C(C(CC)NC(=O)OC(C)(C)C)C1. The highest BCUT2D eigenvalue weighted by Gasteiger charge is 2.34. The van der Waals surface area contributed by atoms with Gasteiger partial charge in [-0.05, 0) is 46.0 Å². The van der Waals surface area contributed by atoms with Crippen molar-refractivity contribution in [3.63, 3.8) is 0 Å². The summed E-state index contributed by atoms with van der Waals surface area (Å²) in [7, 11) is 0. The van der Waals surface area contributed by atoms with Gasteiger partial charge in [0, 0.05) is 18.4 Å². The van der Waals surface area contributed by atoms with Crippen molar-refractivity contribution in [1.82, 2.24) is 5.32 Å². The summed E-state index contributed by atoms with van der Waals surface area (Å²) in [5.74, 6) is 0.844. The Morgan fingerprint density at radius 3 is 2.55 bits per heavy atom. The number of Topliss-reactive ketones (excluding diaryl/α,β-unsaturated/α-hetero) is 1. The van der Waals surface area contributed by atoms with E-state index in [2.05, 4.69) is 12.2 Å². The van der Waals surface area contributed by atoms with Crippen LogP contribution in [-0.4, -0.2) is 23.5 Å². The summed E-state index contributed by atoms with van der Waals surface area (Å²) in [6.07, 6.45) is 3.98. The van der Waals surface area contributed by atoms with Crippen molar-refractivity contribution < 1.29 is 14.3 Å². The molecule has 0 heterocycles. The number of nitrogens with one attached hydrogen (secondary N) is 1. The summed E-state index contributed by atoms with van der Waals surface area (Å²) in [6.45, 7) is 9.69. The van der Waals surface area contributed by atoms with Crippen molar-refractivity contribution in [3.05, 3.63) is 0 Å². The fraction of sp³-hybridized carbons (Fsp3) is 0.875. The molecule has 4 heteroatoms. The van der Waals surface area contributed by atoms with Crippen LogP contribution < -0.4 is 5.32 Å². The second kappa shape index (κ2) is 7.09. The first kappa shape index (κ1) is 17.0. The molecule has 0 saturated heterocycles. The number of alkyl carbamates (subject to hydrolysis) is 1. The second-order valence-electron chi connectivity index (χ2n) is 6.78. The van der Waals surface area contributed by atoms with Crippen LogP contribution in [0.1, 0.15) is 66.7 Å². The summed E-state index contributed by atoms with van der Waals surface area (Å²) < 4.78 is 5.29. The third kappa shape index (κ3) is 5.14. The van der Waals surface area contributed by atoms with E-state index in [4.69, 9.17) is 4.74 Å². The van der Waals surface area contributed by atoms with Gasteiger partial charge in [0.2, 0.25) is 0 Å². The maximum atomic E-state index is 12.1. The van der Waals surface area contributed by atoms with Crippen LogP contribution in [0, 0.1) is 11.8 Å². The average Bonchev–Trinajstić information content (AvgIpc) is 2.34. The first-order valence-electron chi connectivity index (χ1n) is 7.79. The molecule has 116 valence electrons. The van der Waals surface area contributed by atoms with Gasteiger partial charge in [0.25, 0.3) is 0 Å². The molecule has 1 aliphatic carbocycles. The monoisotopic (exact) mass is 283 g/mol. The van der Waals surface area contributed by atoms with E-state index in [-0.39, 0.29) is 17.7 Å². The highest BCUT2D eigenvalue weighted by Crippen LogP contribution is 2.31. The van der Waals surface area contributed by atoms with E-state index in [1.807, 2.05) is 27.7 Å². The van der Waals surface area contributed by atoms with Gasteiger partial charge in [-0.15, -0.1) is 0 Å². The van der Waals surface area contributed by atoms with E-state index >= 15 is 0 Å². The minimum Gasteiger partial charge on any atom is -0.444 e. The number of hydrogen-bond donors (Lipinski definition) is 1. The molecule has 1 saturated carbocycles. The summed E-state index contributed by atoms with van der Waals surface area (Å²) >= 11 is 0. The molecule has 0 bridgehead atoms. The molecule has 1 aliphatic rings. The zero-order valence-corrected chi connectivity index (χ0v) is 13.5. The summed E-state index contributed by atoms with van der Waals surface area (Å²) in [4.78, 5) is 24.0. The van der Waals surface area contributed by atoms with Gasteiger partial charge in [-0.25, -0.2) is 4.79 Å². The van der Waals surface area contributed by atoms with Crippen LogP contribution in [-0.2, 0) is 9.53 Å². The van der Waals surface area contributed by atoms with Gasteiger partial charge < -0.3 is 10.1 Å². The number of amides is 1. The molecule has 4 nitrogen and oxygen atoms in total. The quantitative estimate of drug-likeness (QED) is 0.856. The van der Waals surface area contributed by atoms with Gasteiger partial charge in [-0.2, -0.15) is 0 Å². The van der Waals surface area contributed by atoms with Crippen molar-refractivity contribution in [3.8, 4) is 0 Å². The Labute approximate surface area is 122 Å². The Kier molecular flexibility index (Phi) is 6.03. The predicted octanol–water partition coefficient (Wildman–Crippen LogP) is 3.69. The smallest absolute Gasteiger partial charge is 0.407 e. The highest BCUT2D eigenvalue weighted by molar-refractivity contribution is 5.83.